The Bertz CT molecular complexity index is 1030. The van der Waals surface area contributed by atoms with E-state index >= 15 is 0 Å². The Hall–Kier alpha value is -3.68. The fourth-order valence-corrected chi connectivity index (χ4v) is 3.62. The van der Waals surface area contributed by atoms with E-state index in [-0.39, 0.29) is 36.6 Å². The molecule has 0 aromatic heterocycles. The molecule has 1 N–H and O–H groups in total. The highest BCUT2D eigenvalue weighted by Gasteiger charge is 2.37. The van der Waals surface area contributed by atoms with Gasteiger partial charge in [-0.05, 0) is 43.9 Å². The maximum absolute atomic E-state index is 12.8. The molecular formula is C25H28N2O6. The molecule has 3 rings (SSSR count). The average molecular weight is 453 g/mol. The first-order chi connectivity index (χ1) is 15.9. The second-order valence-corrected chi connectivity index (χ2v) is 7.68. The minimum Gasteiger partial charge on any atom is -0.491 e. The van der Waals surface area contributed by atoms with Gasteiger partial charge in [-0.15, -0.1) is 0 Å². The van der Waals surface area contributed by atoms with Crippen molar-refractivity contribution in [3.05, 3.63) is 59.2 Å². The van der Waals surface area contributed by atoms with Crippen molar-refractivity contribution >= 4 is 29.4 Å². The number of nitrogens with one attached hydrogen (secondary N) is 1. The van der Waals surface area contributed by atoms with Gasteiger partial charge in [0.2, 0.25) is 5.91 Å². The molecule has 0 atom stereocenters. The van der Waals surface area contributed by atoms with Gasteiger partial charge in [0.15, 0.2) is 0 Å². The zero-order chi connectivity index (χ0) is 23.8. The summed E-state index contributed by atoms with van der Waals surface area (Å²) in [5.41, 5.74) is 1.94. The van der Waals surface area contributed by atoms with E-state index in [0.717, 1.165) is 24.2 Å². The molecule has 0 fully saturated rings. The van der Waals surface area contributed by atoms with Crippen LogP contribution in [0.25, 0.3) is 0 Å². The molecule has 0 saturated heterocycles. The van der Waals surface area contributed by atoms with E-state index in [2.05, 4.69) is 17.4 Å². The highest BCUT2D eigenvalue weighted by atomic mass is 16.5. The maximum Gasteiger partial charge on any atom is 0.307 e. The molecule has 1 heterocycles. The number of anilines is 1. The van der Waals surface area contributed by atoms with Crippen LogP contribution in [0.3, 0.4) is 0 Å². The number of benzene rings is 2. The standard InChI is InChI=1S/C25H28N2O6/c1-3-32-23(29)12-13-27-24(30)19-15-21(26-17(2)28)22(16-20(19)25(27)31)33-14-8-7-11-18-9-5-4-6-10-18/h4-6,9-10,15-16H,3,7-8,11-14H2,1-2H3,(H,26,28). The monoisotopic (exact) mass is 452 g/mol. The number of carbonyl (C=O) groups excluding carboxylic acids is 4. The van der Waals surface area contributed by atoms with Crippen LogP contribution in [0.1, 0.15) is 59.4 Å². The zero-order valence-corrected chi connectivity index (χ0v) is 18.9. The number of rotatable bonds is 11. The molecule has 8 nitrogen and oxygen atoms in total. The number of unbranched alkanes of at least 4 members (excludes halogenated alkanes) is 1. The van der Waals surface area contributed by atoms with E-state index in [1.165, 1.54) is 24.6 Å². The number of nitrogens with zero attached hydrogens (tertiary/aromatic N) is 1. The van der Waals surface area contributed by atoms with E-state index < -0.39 is 17.8 Å². The van der Waals surface area contributed by atoms with Crippen LogP contribution in [-0.4, -0.2) is 48.3 Å². The van der Waals surface area contributed by atoms with Crippen molar-refractivity contribution in [2.45, 2.75) is 39.5 Å². The summed E-state index contributed by atoms with van der Waals surface area (Å²) in [5.74, 6) is -1.48. The summed E-state index contributed by atoms with van der Waals surface area (Å²) >= 11 is 0. The van der Waals surface area contributed by atoms with E-state index in [1.54, 1.807) is 6.92 Å². The number of ether oxygens (including phenoxy) is 2. The zero-order valence-electron chi connectivity index (χ0n) is 18.9. The molecule has 0 bridgehead atoms. The molecule has 0 aliphatic carbocycles. The second kappa shape index (κ2) is 11.3. The van der Waals surface area contributed by atoms with Gasteiger partial charge in [-0.2, -0.15) is 0 Å². The average Bonchev–Trinajstić information content (AvgIpc) is 3.01. The molecule has 0 radical (unpaired) electrons. The van der Waals surface area contributed by atoms with Crippen LogP contribution in [-0.2, 0) is 20.7 Å². The van der Waals surface area contributed by atoms with E-state index in [1.807, 2.05) is 18.2 Å². The Balaban J connectivity index is 1.68. The number of aryl methyl sites for hydroxylation is 1. The predicted molar refractivity (Wildman–Crippen MR) is 122 cm³/mol. The van der Waals surface area contributed by atoms with Crippen LogP contribution in [0.15, 0.2) is 42.5 Å². The lowest BCUT2D eigenvalue weighted by atomic mass is 10.1. The van der Waals surface area contributed by atoms with Gasteiger partial charge in [0.25, 0.3) is 11.8 Å². The van der Waals surface area contributed by atoms with E-state index in [0.29, 0.717) is 18.0 Å². The van der Waals surface area contributed by atoms with Crippen LogP contribution in [0.2, 0.25) is 0 Å². The predicted octanol–water partition coefficient (Wildman–Crippen LogP) is 3.60. The minimum absolute atomic E-state index is 0.0731. The number of fused-ring (bicyclic) bond motifs is 1. The Morgan fingerprint density at radius 3 is 2.36 bits per heavy atom. The third-order valence-electron chi connectivity index (χ3n) is 5.19. The molecule has 0 unspecified atom stereocenters. The molecular weight excluding hydrogens is 424 g/mol. The molecule has 3 amide bonds. The smallest absolute Gasteiger partial charge is 0.307 e. The summed E-state index contributed by atoms with van der Waals surface area (Å²) in [6.45, 7) is 3.60. The molecule has 8 heteroatoms. The molecule has 33 heavy (non-hydrogen) atoms. The van der Waals surface area contributed by atoms with Crippen LogP contribution in [0.5, 0.6) is 5.75 Å². The summed E-state index contributed by atoms with van der Waals surface area (Å²) in [6, 6.07) is 13.1. The summed E-state index contributed by atoms with van der Waals surface area (Å²) < 4.78 is 10.7. The van der Waals surface area contributed by atoms with Crippen LogP contribution in [0.4, 0.5) is 5.69 Å². The summed E-state index contributed by atoms with van der Waals surface area (Å²) in [7, 11) is 0. The first-order valence-corrected chi connectivity index (χ1v) is 11.0. The topological polar surface area (TPSA) is 102 Å². The number of imide groups is 1. The third-order valence-corrected chi connectivity index (χ3v) is 5.19. The molecule has 1 aliphatic rings. The first-order valence-electron chi connectivity index (χ1n) is 11.0. The van der Waals surface area contributed by atoms with Gasteiger partial charge in [-0.3, -0.25) is 24.1 Å². The lowest BCUT2D eigenvalue weighted by molar-refractivity contribution is -0.143. The van der Waals surface area contributed by atoms with Crippen molar-refractivity contribution < 1.29 is 28.7 Å². The number of amides is 3. The molecule has 2 aromatic carbocycles. The summed E-state index contributed by atoms with van der Waals surface area (Å²) in [5, 5.41) is 2.67. The van der Waals surface area contributed by atoms with E-state index in [9.17, 15) is 19.2 Å². The van der Waals surface area contributed by atoms with Crippen molar-refractivity contribution in [3.8, 4) is 5.75 Å². The SMILES string of the molecule is CCOC(=O)CCN1C(=O)c2cc(NC(C)=O)c(OCCCCc3ccccc3)cc2C1=O. The van der Waals surface area contributed by atoms with Gasteiger partial charge in [0.1, 0.15) is 5.75 Å². The highest BCUT2D eigenvalue weighted by Crippen LogP contribution is 2.34. The minimum atomic E-state index is -0.514. The van der Waals surface area contributed by atoms with Gasteiger partial charge in [-0.25, -0.2) is 0 Å². The Morgan fingerprint density at radius 1 is 1.00 bits per heavy atom. The van der Waals surface area contributed by atoms with Gasteiger partial charge in [0, 0.05) is 13.5 Å². The maximum atomic E-state index is 12.8. The largest absolute Gasteiger partial charge is 0.491 e. The lowest BCUT2D eigenvalue weighted by Crippen LogP contribution is -2.32. The number of esters is 1. The van der Waals surface area contributed by atoms with E-state index in [4.69, 9.17) is 9.47 Å². The highest BCUT2D eigenvalue weighted by molar-refractivity contribution is 6.22. The van der Waals surface area contributed by atoms with Crippen LogP contribution >= 0.6 is 0 Å². The Labute approximate surface area is 192 Å². The molecule has 1 aliphatic heterocycles. The quantitative estimate of drug-likeness (QED) is 0.318. The fraction of sp³-hybridized carbons (Fsp3) is 0.360. The molecule has 2 aromatic rings. The Kier molecular flexibility index (Phi) is 8.18. The molecule has 0 spiro atoms. The molecule has 0 saturated carbocycles. The van der Waals surface area contributed by atoms with Crippen molar-refractivity contribution in [1.82, 2.24) is 4.90 Å². The Morgan fingerprint density at radius 2 is 1.70 bits per heavy atom. The van der Waals surface area contributed by atoms with Gasteiger partial charge >= 0.3 is 5.97 Å². The second-order valence-electron chi connectivity index (χ2n) is 7.68. The fourth-order valence-electron chi connectivity index (χ4n) is 3.62. The first kappa shape index (κ1) is 24.0. The van der Waals surface area contributed by atoms with Crippen molar-refractivity contribution in [1.29, 1.82) is 0 Å². The number of hydrogen-bond donors (Lipinski definition) is 1. The van der Waals surface area contributed by atoms with Gasteiger partial charge in [-0.1, -0.05) is 30.3 Å². The number of hydrogen-bond acceptors (Lipinski definition) is 6. The van der Waals surface area contributed by atoms with Crippen molar-refractivity contribution in [3.63, 3.8) is 0 Å². The summed E-state index contributed by atoms with van der Waals surface area (Å²) in [4.78, 5) is 49.9. The normalized spacial score (nSPS) is 12.5. The third kappa shape index (κ3) is 6.19. The van der Waals surface area contributed by atoms with Crippen molar-refractivity contribution in [2.75, 3.05) is 25.1 Å². The van der Waals surface area contributed by atoms with Gasteiger partial charge in [0.05, 0.1) is 36.4 Å². The van der Waals surface area contributed by atoms with Crippen LogP contribution in [0, 0.1) is 0 Å². The van der Waals surface area contributed by atoms with Crippen LogP contribution < -0.4 is 10.1 Å². The van der Waals surface area contributed by atoms with Crippen molar-refractivity contribution in [2.24, 2.45) is 0 Å². The molecule has 174 valence electrons. The summed E-state index contributed by atoms with van der Waals surface area (Å²) in [6.07, 6.45) is 2.55. The number of carbonyl (C=O) groups is 4. The van der Waals surface area contributed by atoms with Gasteiger partial charge < -0.3 is 14.8 Å². The lowest BCUT2D eigenvalue weighted by Gasteiger charge is -2.13.